The lowest BCUT2D eigenvalue weighted by Gasteiger charge is -2.44. The summed E-state index contributed by atoms with van der Waals surface area (Å²) in [5.74, 6) is -1.89. The number of aliphatic carboxylic acids is 1. The van der Waals surface area contributed by atoms with Crippen LogP contribution in [-0.2, 0) is 16.0 Å². The standard InChI is InChI=1S/C24H24BrCl2N3O4/c1-12(2)24(22(33)34,30-19-18(25)20(31)23(19,3)4)9-13-5-7-14(8-6-13)29-21(32)17-15(26)10-28-11-16(17)27/h5-8,10-12,30H,9H2,1-4H3,(H,29,32)(H,33,34)/t24-/m0/s1. The smallest absolute Gasteiger partial charge is 0.329 e. The van der Waals surface area contributed by atoms with Crippen LogP contribution in [0.15, 0.2) is 46.8 Å². The number of ketones is 1. The summed E-state index contributed by atoms with van der Waals surface area (Å²) >= 11 is 15.4. The number of carbonyl (C=O) groups is 3. The van der Waals surface area contributed by atoms with E-state index in [1.807, 2.05) is 13.8 Å². The van der Waals surface area contributed by atoms with Gasteiger partial charge in [-0.15, -0.1) is 0 Å². The largest absolute Gasteiger partial charge is 0.479 e. The minimum atomic E-state index is -1.35. The van der Waals surface area contributed by atoms with Gasteiger partial charge in [-0.25, -0.2) is 4.79 Å². The minimum absolute atomic E-state index is 0.0763. The van der Waals surface area contributed by atoms with Crippen LogP contribution >= 0.6 is 39.1 Å². The second-order valence-electron chi connectivity index (χ2n) is 9.01. The van der Waals surface area contributed by atoms with E-state index in [-0.39, 0.29) is 33.7 Å². The number of aromatic nitrogens is 1. The van der Waals surface area contributed by atoms with Gasteiger partial charge in [0.25, 0.3) is 5.91 Å². The van der Waals surface area contributed by atoms with Crippen molar-refractivity contribution in [2.75, 3.05) is 5.32 Å². The molecule has 0 unspecified atom stereocenters. The summed E-state index contributed by atoms with van der Waals surface area (Å²) in [5, 5.41) is 16.4. The van der Waals surface area contributed by atoms with Gasteiger partial charge in [0.1, 0.15) is 5.54 Å². The molecule has 7 nitrogen and oxygen atoms in total. The fourth-order valence-electron chi connectivity index (χ4n) is 3.77. The SMILES string of the molecule is CC(C)[C@](Cc1ccc(NC(=O)c2c(Cl)cncc2Cl)cc1)(NC1=C(Br)C(=O)C1(C)C)C(=O)O. The number of anilines is 1. The molecule has 3 N–H and O–H groups in total. The van der Waals surface area contributed by atoms with Crippen LogP contribution in [0.3, 0.4) is 0 Å². The molecule has 10 heteroatoms. The molecule has 0 bridgehead atoms. The van der Waals surface area contributed by atoms with E-state index in [9.17, 15) is 19.5 Å². The van der Waals surface area contributed by atoms with Gasteiger partial charge in [0, 0.05) is 30.2 Å². The average molecular weight is 569 g/mol. The molecule has 1 amide bonds. The molecule has 1 atom stereocenters. The summed E-state index contributed by atoms with van der Waals surface area (Å²) in [5.41, 5.74) is -0.224. The molecule has 1 heterocycles. The number of carboxylic acids is 1. The van der Waals surface area contributed by atoms with E-state index in [4.69, 9.17) is 23.2 Å². The van der Waals surface area contributed by atoms with Crippen LogP contribution in [0.1, 0.15) is 43.6 Å². The third-order valence-electron chi connectivity index (χ3n) is 6.10. The number of nitrogens with zero attached hydrogens (tertiary/aromatic N) is 1. The van der Waals surface area contributed by atoms with Crippen molar-refractivity contribution >= 4 is 62.5 Å². The Kier molecular flexibility index (Phi) is 7.45. The number of amides is 1. The number of benzene rings is 1. The molecule has 0 saturated carbocycles. The lowest BCUT2D eigenvalue weighted by molar-refractivity contribution is -0.147. The van der Waals surface area contributed by atoms with E-state index < -0.39 is 22.8 Å². The Balaban J connectivity index is 1.84. The lowest BCUT2D eigenvalue weighted by Crippen LogP contribution is -2.61. The van der Waals surface area contributed by atoms with Gasteiger partial charge in [0.05, 0.1) is 25.5 Å². The minimum Gasteiger partial charge on any atom is -0.479 e. The molecule has 1 aliphatic rings. The fraction of sp³-hybridized carbons (Fsp3) is 0.333. The third-order valence-corrected chi connectivity index (χ3v) is 7.43. The molecule has 3 rings (SSSR count). The Morgan fingerprint density at radius 3 is 2.18 bits per heavy atom. The highest BCUT2D eigenvalue weighted by atomic mass is 79.9. The summed E-state index contributed by atoms with van der Waals surface area (Å²) in [6, 6.07) is 6.84. The fourth-order valence-corrected chi connectivity index (χ4v) is 5.39. The van der Waals surface area contributed by atoms with Gasteiger partial charge in [0.2, 0.25) is 0 Å². The number of rotatable bonds is 8. The topological polar surface area (TPSA) is 108 Å². The van der Waals surface area contributed by atoms with Gasteiger partial charge in [-0.1, -0.05) is 49.2 Å². The van der Waals surface area contributed by atoms with Gasteiger partial charge in [-0.05, 0) is 53.4 Å². The normalized spacial score (nSPS) is 16.6. The quantitative estimate of drug-likeness (QED) is 0.390. The average Bonchev–Trinajstić information content (AvgIpc) is 2.76. The van der Waals surface area contributed by atoms with Crippen molar-refractivity contribution in [1.82, 2.24) is 10.3 Å². The zero-order chi connectivity index (χ0) is 25.4. The molecule has 34 heavy (non-hydrogen) atoms. The van der Waals surface area contributed by atoms with Crippen molar-refractivity contribution < 1.29 is 19.5 Å². The molecular weight excluding hydrogens is 545 g/mol. The van der Waals surface area contributed by atoms with Crippen molar-refractivity contribution in [3.63, 3.8) is 0 Å². The lowest BCUT2D eigenvalue weighted by atomic mass is 9.72. The number of nitrogens with one attached hydrogen (secondary N) is 2. The molecule has 0 spiro atoms. The van der Waals surface area contributed by atoms with E-state index in [0.29, 0.717) is 15.9 Å². The first-order valence-electron chi connectivity index (χ1n) is 10.5. The van der Waals surface area contributed by atoms with Gasteiger partial charge < -0.3 is 15.7 Å². The Hall–Kier alpha value is -2.42. The van der Waals surface area contributed by atoms with E-state index in [1.165, 1.54) is 12.4 Å². The van der Waals surface area contributed by atoms with E-state index in [0.717, 1.165) is 5.56 Å². The van der Waals surface area contributed by atoms with Crippen LogP contribution in [0.25, 0.3) is 0 Å². The van der Waals surface area contributed by atoms with Crippen LogP contribution in [-0.4, -0.2) is 33.3 Å². The Morgan fingerprint density at radius 1 is 1.15 bits per heavy atom. The molecule has 0 fully saturated rings. The van der Waals surface area contributed by atoms with Gasteiger partial charge in [-0.3, -0.25) is 14.6 Å². The van der Waals surface area contributed by atoms with E-state index >= 15 is 0 Å². The zero-order valence-corrected chi connectivity index (χ0v) is 22.1. The molecule has 0 saturated heterocycles. The van der Waals surface area contributed by atoms with Crippen molar-refractivity contribution in [2.24, 2.45) is 11.3 Å². The Labute approximate surface area is 216 Å². The predicted octanol–water partition coefficient (Wildman–Crippen LogP) is 5.47. The zero-order valence-electron chi connectivity index (χ0n) is 19.0. The van der Waals surface area contributed by atoms with Crippen LogP contribution in [0.5, 0.6) is 0 Å². The summed E-state index contributed by atoms with van der Waals surface area (Å²) in [7, 11) is 0. The highest BCUT2D eigenvalue weighted by molar-refractivity contribution is 9.12. The molecule has 2 aromatic rings. The summed E-state index contributed by atoms with van der Waals surface area (Å²) in [6.07, 6.45) is 2.82. The number of halogens is 3. The summed E-state index contributed by atoms with van der Waals surface area (Å²) < 4.78 is 0.371. The number of Topliss-reactive ketones (excluding diaryl/α,β-unsaturated/α-hetero) is 1. The van der Waals surface area contributed by atoms with Crippen LogP contribution in [0.2, 0.25) is 10.0 Å². The van der Waals surface area contributed by atoms with Crippen molar-refractivity contribution in [1.29, 1.82) is 0 Å². The summed E-state index contributed by atoms with van der Waals surface area (Å²) in [4.78, 5) is 41.1. The first-order chi connectivity index (χ1) is 15.8. The highest BCUT2D eigenvalue weighted by Crippen LogP contribution is 2.45. The van der Waals surface area contributed by atoms with Crippen LogP contribution < -0.4 is 10.6 Å². The number of carbonyl (C=O) groups excluding carboxylic acids is 2. The number of carboxylic acid groups (broad SMARTS) is 1. The monoisotopic (exact) mass is 567 g/mol. The number of allylic oxidation sites excluding steroid dienone is 2. The third kappa shape index (κ3) is 4.72. The molecule has 1 aromatic carbocycles. The Bertz CT molecular complexity index is 1170. The number of hydrogen-bond donors (Lipinski definition) is 3. The number of hydrogen-bond acceptors (Lipinski definition) is 5. The van der Waals surface area contributed by atoms with Crippen LogP contribution in [0.4, 0.5) is 5.69 Å². The van der Waals surface area contributed by atoms with Crippen molar-refractivity contribution in [3.8, 4) is 0 Å². The second kappa shape index (κ2) is 9.68. The molecule has 1 aromatic heterocycles. The number of pyridine rings is 1. The van der Waals surface area contributed by atoms with Crippen LogP contribution in [0, 0.1) is 11.3 Å². The predicted molar refractivity (Wildman–Crippen MR) is 135 cm³/mol. The molecule has 180 valence electrons. The first kappa shape index (κ1) is 26.2. The molecular formula is C24H24BrCl2N3O4. The van der Waals surface area contributed by atoms with E-state index in [2.05, 4.69) is 31.5 Å². The second-order valence-corrected chi connectivity index (χ2v) is 10.6. The van der Waals surface area contributed by atoms with E-state index in [1.54, 1.807) is 38.1 Å². The maximum Gasteiger partial charge on any atom is 0.329 e. The van der Waals surface area contributed by atoms with Crippen molar-refractivity contribution in [2.45, 2.75) is 39.7 Å². The molecule has 0 aliphatic heterocycles. The molecule has 1 aliphatic carbocycles. The molecule has 0 radical (unpaired) electrons. The van der Waals surface area contributed by atoms with Gasteiger partial charge >= 0.3 is 5.97 Å². The Morgan fingerprint density at radius 2 is 1.71 bits per heavy atom. The maximum absolute atomic E-state index is 12.6. The highest BCUT2D eigenvalue weighted by Gasteiger charge is 2.51. The first-order valence-corrected chi connectivity index (χ1v) is 12.0. The van der Waals surface area contributed by atoms with Gasteiger partial charge in [-0.2, -0.15) is 0 Å². The van der Waals surface area contributed by atoms with Gasteiger partial charge in [0.15, 0.2) is 5.78 Å². The summed E-state index contributed by atoms with van der Waals surface area (Å²) in [6.45, 7) is 7.15. The maximum atomic E-state index is 12.6. The van der Waals surface area contributed by atoms with Crippen molar-refractivity contribution in [3.05, 3.63) is 68.0 Å².